The molecule has 0 atom stereocenters. The first-order chi connectivity index (χ1) is 24.3. The van der Waals surface area contributed by atoms with Crippen LogP contribution in [0.3, 0.4) is 0 Å². The van der Waals surface area contributed by atoms with Crippen molar-refractivity contribution in [3.63, 3.8) is 0 Å². The number of imidazole rings is 1. The maximum Gasteiger partial charge on any atom is 0.196 e. The molecule has 0 radical (unpaired) electrons. The molecular formula is C41H24N8. The van der Waals surface area contributed by atoms with Gasteiger partial charge in [0.05, 0.1) is 27.5 Å². The molecule has 0 fully saturated rings. The number of benzene rings is 6. The van der Waals surface area contributed by atoms with Crippen molar-refractivity contribution in [2.75, 3.05) is 0 Å². The van der Waals surface area contributed by atoms with Crippen LogP contribution in [-0.2, 0) is 0 Å². The van der Waals surface area contributed by atoms with Gasteiger partial charge in [0.2, 0.25) is 0 Å². The Hall–Kier alpha value is -6.93. The Bertz CT molecular complexity index is 2810. The molecule has 0 N–H and O–H groups in total. The van der Waals surface area contributed by atoms with Gasteiger partial charge < -0.3 is 0 Å². The summed E-state index contributed by atoms with van der Waals surface area (Å²) < 4.78 is 2.07. The molecule has 0 aliphatic rings. The third kappa shape index (κ3) is 4.50. The molecule has 49 heavy (non-hydrogen) atoms. The van der Waals surface area contributed by atoms with Crippen molar-refractivity contribution in [3.8, 4) is 45.8 Å². The molecule has 0 bridgehead atoms. The van der Waals surface area contributed by atoms with Gasteiger partial charge in [-0.2, -0.15) is 0 Å². The SMILES string of the molecule is c1ccc(-c2nc(-c3ccccc3)nc(-c3cnc(-c4nc5ccc6cc7ccccc7cc6c5c5nc6ccccc6n45)nc3)n2)cc1. The summed E-state index contributed by atoms with van der Waals surface area (Å²) in [5, 5.41) is 5.60. The number of rotatable bonds is 4. The molecule has 6 aromatic carbocycles. The van der Waals surface area contributed by atoms with E-state index in [2.05, 4.69) is 59.0 Å². The Morgan fingerprint density at radius 3 is 1.69 bits per heavy atom. The predicted molar refractivity (Wildman–Crippen MR) is 194 cm³/mol. The van der Waals surface area contributed by atoms with Gasteiger partial charge in [0.25, 0.3) is 0 Å². The molecule has 4 heterocycles. The lowest BCUT2D eigenvalue weighted by Gasteiger charge is -2.11. The van der Waals surface area contributed by atoms with Gasteiger partial charge in [-0.15, -0.1) is 0 Å². The van der Waals surface area contributed by atoms with E-state index in [1.807, 2.05) is 78.9 Å². The second-order valence-corrected chi connectivity index (χ2v) is 11.9. The van der Waals surface area contributed by atoms with E-state index in [4.69, 9.17) is 34.9 Å². The largest absolute Gasteiger partial charge is 0.273 e. The average Bonchev–Trinajstić information content (AvgIpc) is 3.57. The molecule has 8 heteroatoms. The summed E-state index contributed by atoms with van der Waals surface area (Å²) in [6.45, 7) is 0. The summed E-state index contributed by atoms with van der Waals surface area (Å²) in [4.78, 5) is 34.5. The van der Waals surface area contributed by atoms with Crippen molar-refractivity contribution in [2.45, 2.75) is 0 Å². The zero-order valence-corrected chi connectivity index (χ0v) is 25.9. The van der Waals surface area contributed by atoms with Gasteiger partial charge in [-0.3, -0.25) is 4.40 Å². The van der Waals surface area contributed by atoms with Crippen LogP contribution in [0.5, 0.6) is 0 Å². The molecular weight excluding hydrogens is 605 g/mol. The van der Waals surface area contributed by atoms with E-state index >= 15 is 0 Å². The number of aromatic nitrogens is 8. The molecule has 0 amide bonds. The van der Waals surface area contributed by atoms with Crippen LogP contribution in [0.2, 0.25) is 0 Å². The van der Waals surface area contributed by atoms with E-state index in [9.17, 15) is 0 Å². The second kappa shape index (κ2) is 10.8. The van der Waals surface area contributed by atoms with E-state index in [0.717, 1.165) is 49.5 Å². The van der Waals surface area contributed by atoms with Crippen LogP contribution in [0.1, 0.15) is 0 Å². The molecule has 0 saturated heterocycles. The van der Waals surface area contributed by atoms with Gasteiger partial charge in [0, 0.05) is 23.5 Å². The van der Waals surface area contributed by atoms with Crippen LogP contribution in [-0.4, -0.2) is 39.3 Å². The second-order valence-electron chi connectivity index (χ2n) is 11.9. The Morgan fingerprint density at radius 2 is 1.00 bits per heavy atom. The van der Waals surface area contributed by atoms with E-state index in [1.165, 1.54) is 10.8 Å². The van der Waals surface area contributed by atoms with Crippen molar-refractivity contribution in [2.24, 2.45) is 0 Å². The first kappa shape index (κ1) is 27.2. The normalized spacial score (nSPS) is 11.7. The number of para-hydroxylation sites is 2. The lowest BCUT2D eigenvalue weighted by molar-refractivity contribution is 1.04. The lowest BCUT2D eigenvalue weighted by atomic mass is 10.0. The molecule has 4 aromatic heterocycles. The maximum atomic E-state index is 5.19. The Labute approximate surface area is 279 Å². The van der Waals surface area contributed by atoms with Gasteiger partial charge >= 0.3 is 0 Å². The summed E-state index contributed by atoms with van der Waals surface area (Å²) in [5.74, 6) is 2.72. The standard InChI is InChI=1S/C41H24N8/c1-3-11-25(12-4-1)36-46-37(26-13-5-2-6-14-26)48-38(47-36)30-23-42-39(43-24-30)41-45-33-20-19-29-21-27-15-7-8-16-28(27)22-31(29)35(33)40-44-32-17-9-10-18-34(32)49(40)41/h1-24H. The minimum atomic E-state index is 0.470. The summed E-state index contributed by atoms with van der Waals surface area (Å²) in [5.41, 5.74) is 5.92. The maximum absolute atomic E-state index is 5.19. The van der Waals surface area contributed by atoms with E-state index in [0.29, 0.717) is 34.7 Å². The number of fused-ring (bicyclic) bond motifs is 8. The van der Waals surface area contributed by atoms with E-state index < -0.39 is 0 Å². The molecule has 0 aliphatic heterocycles. The fourth-order valence-corrected chi connectivity index (χ4v) is 6.55. The van der Waals surface area contributed by atoms with Gasteiger partial charge in [0.1, 0.15) is 5.65 Å². The van der Waals surface area contributed by atoms with Crippen LogP contribution in [0, 0.1) is 0 Å². The van der Waals surface area contributed by atoms with Crippen LogP contribution in [0.25, 0.3) is 94.9 Å². The molecule has 10 rings (SSSR count). The average molecular weight is 629 g/mol. The van der Waals surface area contributed by atoms with E-state index in [1.54, 1.807) is 12.4 Å². The van der Waals surface area contributed by atoms with Gasteiger partial charge in [-0.05, 0) is 51.9 Å². The number of nitrogens with zero attached hydrogens (tertiary/aromatic N) is 8. The molecule has 0 spiro atoms. The topological polar surface area (TPSA) is 94.6 Å². The van der Waals surface area contributed by atoms with Crippen LogP contribution in [0.15, 0.2) is 146 Å². The van der Waals surface area contributed by atoms with Crippen molar-refractivity contribution >= 4 is 49.1 Å². The Morgan fingerprint density at radius 1 is 0.408 bits per heavy atom. The molecule has 8 nitrogen and oxygen atoms in total. The molecule has 0 saturated carbocycles. The monoisotopic (exact) mass is 628 g/mol. The highest BCUT2D eigenvalue weighted by Crippen LogP contribution is 2.35. The predicted octanol–water partition coefficient (Wildman–Crippen LogP) is 8.99. The van der Waals surface area contributed by atoms with Crippen LogP contribution < -0.4 is 0 Å². The fourth-order valence-electron chi connectivity index (χ4n) is 6.55. The Balaban J connectivity index is 1.16. The zero-order valence-electron chi connectivity index (χ0n) is 25.9. The van der Waals surface area contributed by atoms with Gasteiger partial charge in [-0.1, -0.05) is 103 Å². The summed E-state index contributed by atoms with van der Waals surface area (Å²) in [6, 6.07) is 45.0. The van der Waals surface area contributed by atoms with Crippen molar-refractivity contribution in [1.82, 2.24) is 39.3 Å². The van der Waals surface area contributed by atoms with Crippen LogP contribution >= 0.6 is 0 Å². The van der Waals surface area contributed by atoms with Crippen molar-refractivity contribution < 1.29 is 0 Å². The Kier molecular flexibility index (Phi) is 6.01. The highest BCUT2D eigenvalue weighted by Gasteiger charge is 2.20. The fraction of sp³-hybridized carbons (Fsp3) is 0. The highest BCUT2D eigenvalue weighted by molar-refractivity contribution is 6.17. The summed E-state index contributed by atoms with van der Waals surface area (Å²) in [7, 11) is 0. The first-order valence-electron chi connectivity index (χ1n) is 16.0. The quantitative estimate of drug-likeness (QED) is 0.142. The van der Waals surface area contributed by atoms with E-state index in [-0.39, 0.29) is 0 Å². The molecule has 0 aliphatic carbocycles. The minimum absolute atomic E-state index is 0.470. The summed E-state index contributed by atoms with van der Waals surface area (Å²) >= 11 is 0. The molecule has 0 unspecified atom stereocenters. The van der Waals surface area contributed by atoms with Crippen molar-refractivity contribution in [3.05, 3.63) is 146 Å². The number of hydrogen-bond donors (Lipinski definition) is 0. The smallest absolute Gasteiger partial charge is 0.196 e. The summed E-state index contributed by atoms with van der Waals surface area (Å²) in [6.07, 6.45) is 3.51. The first-order valence-corrected chi connectivity index (χ1v) is 16.0. The van der Waals surface area contributed by atoms with Crippen molar-refractivity contribution in [1.29, 1.82) is 0 Å². The number of hydrogen-bond acceptors (Lipinski definition) is 7. The van der Waals surface area contributed by atoms with Gasteiger partial charge in [-0.25, -0.2) is 34.9 Å². The third-order valence-corrected chi connectivity index (χ3v) is 8.90. The molecule has 10 aromatic rings. The van der Waals surface area contributed by atoms with Crippen LogP contribution in [0.4, 0.5) is 0 Å². The zero-order chi connectivity index (χ0) is 32.3. The minimum Gasteiger partial charge on any atom is -0.273 e. The third-order valence-electron chi connectivity index (χ3n) is 8.90. The molecule has 228 valence electrons. The van der Waals surface area contributed by atoms with Gasteiger partial charge in [0.15, 0.2) is 29.1 Å². The highest BCUT2D eigenvalue weighted by atomic mass is 15.1. The lowest BCUT2D eigenvalue weighted by Crippen LogP contribution is -2.03.